The van der Waals surface area contributed by atoms with Crippen molar-refractivity contribution in [1.29, 1.82) is 0 Å². The molecule has 3 rings (SSSR count). The van der Waals surface area contributed by atoms with Gasteiger partial charge in [-0.15, -0.1) is 0 Å². The van der Waals surface area contributed by atoms with Gasteiger partial charge in [-0.3, -0.25) is 14.3 Å². The Hall–Kier alpha value is -1.65. The second kappa shape index (κ2) is 8.61. The first-order valence-corrected chi connectivity index (χ1v) is 11.5. The number of aliphatic hydroxyl groups excluding tert-OH is 1. The lowest BCUT2D eigenvalue weighted by Crippen LogP contribution is -2.34. The highest BCUT2D eigenvalue weighted by Crippen LogP contribution is 2.31. The van der Waals surface area contributed by atoms with Crippen LogP contribution in [0.25, 0.3) is 0 Å². The van der Waals surface area contributed by atoms with Gasteiger partial charge in [0.05, 0.1) is 17.6 Å². The van der Waals surface area contributed by atoms with E-state index in [1.165, 1.54) is 10.8 Å². The SMILES string of the molecule is CCc1cn([C@H]2C[C@H](O)[C@@H](CS(=O)(=O)Cc3c(Cl)cccc3Cl)O2)c(=O)[nH]c1=O. The molecule has 0 unspecified atom stereocenters. The molecular weight excluding hydrogens is 443 g/mol. The molecule has 2 N–H and O–H groups in total. The Morgan fingerprint density at radius 1 is 1.28 bits per heavy atom. The Bertz CT molecular complexity index is 1110. The fourth-order valence-corrected chi connectivity index (χ4v) is 5.59. The second-order valence-electron chi connectivity index (χ2n) is 6.86. The predicted octanol–water partition coefficient (Wildman–Crippen LogP) is 1.67. The summed E-state index contributed by atoms with van der Waals surface area (Å²) in [6.45, 7) is 1.76. The molecule has 2 aromatic rings. The summed E-state index contributed by atoms with van der Waals surface area (Å²) >= 11 is 12.1. The van der Waals surface area contributed by atoms with Gasteiger partial charge in [0, 0.05) is 33.8 Å². The van der Waals surface area contributed by atoms with Crippen molar-refractivity contribution in [3.05, 3.63) is 66.4 Å². The molecule has 2 heterocycles. The zero-order valence-corrected chi connectivity index (χ0v) is 17.8. The summed E-state index contributed by atoms with van der Waals surface area (Å²) in [7, 11) is -3.73. The number of nitrogens with one attached hydrogen (secondary N) is 1. The summed E-state index contributed by atoms with van der Waals surface area (Å²) in [6.07, 6.45) is -1.22. The van der Waals surface area contributed by atoms with Gasteiger partial charge < -0.3 is 9.84 Å². The van der Waals surface area contributed by atoms with Gasteiger partial charge in [-0.25, -0.2) is 13.2 Å². The van der Waals surface area contributed by atoms with E-state index >= 15 is 0 Å². The number of hydrogen-bond donors (Lipinski definition) is 2. The third-order valence-electron chi connectivity index (χ3n) is 4.78. The fraction of sp³-hybridized carbons (Fsp3) is 0.444. The molecule has 1 saturated heterocycles. The standard InChI is InChI=1S/C18H20Cl2N2O6S/c1-2-10-7-22(18(25)21-17(10)24)16-6-14(23)15(28-16)9-29(26,27)8-11-12(19)4-3-5-13(11)20/h3-5,7,14-16,23H,2,6,8-9H2,1H3,(H,21,24,25)/t14-,15+,16+/m0/s1. The highest BCUT2D eigenvalue weighted by molar-refractivity contribution is 7.90. The molecule has 1 aliphatic rings. The number of rotatable bonds is 6. The lowest BCUT2D eigenvalue weighted by molar-refractivity contribution is -0.00848. The minimum atomic E-state index is -3.73. The van der Waals surface area contributed by atoms with Gasteiger partial charge in [-0.05, 0) is 18.6 Å². The summed E-state index contributed by atoms with van der Waals surface area (Å²) in [4.78, 5) is 26.0. The number of benzene rings is 1. The Labute approximate surface area is 177 Å². The van der Waals surface area contributed by atoms with E-state index < -0.39 is 51.0 Å². The molecule has 29 heavy (non-hydrogen) atoms. The number of aromatic amines is 1. The van der Waals surface area contributed by atoms with E-state index in [0.29, 0.717) is 12.0 Å². The number of aliphatic hydroxyl groups is 1. The van der Waals surface area contributed by atoms with E-state index in [1.807, 2.05) is 0 Å². The van der Waals surface area contributed by atoms with Crippen molar-refractivity contribution in [1.82, 2.24) is 9.55 Å². The van der Waals surface area contributed by atoms with Crippen molar-refractivity contribution >= 4 is 33.0 Å². The quantitative estimate of drug-likeness (QED) is 0.673. The first kappa shape index (κ1) is 22.0. The number of H-pyrrole nitrogens is 1. The molecule has 11 heteroatoms. The molecule has 0 spiro atoms. The maximum Gasteiger partial charge on any atom is 0.330 e. The molecule has 0 amide bonds. The highest BCUT2D eigenvalue weighted by atomic mass is 35.5. The van der Waals surface area contributed by atoms with Crippen molar-refractivity contribution in [3.63, 3.8) is 0 Å². The number of ether oxygens (including phenoxy) is 1. The molecule has 1 aromatic carbocycles. The maximum atomic E-state index is 12.6. The average molecular weight is 463 g/mol. The Morgan fingerprint density at radius 2 is 1.93 bits per heavy atom. The summed E-state index contributed by atoms with van der Waals surface area (Å²) < 4.78 is 32.1. The van der Waals surface area contributed by atoms with Crippen LogP contribution in [0.15, 0.2) is 34.0 Å². The van der Waals surface area contributed by atoms with Crippen molar-refractivity contribution in [2.75, 3.05) is 5.75 Å². The molecule has 8 nitrogen and oxygen atoms in total. The zero-order valence-electron chi connectivity index (χ0n) is 15.5. The van der Waals surface area contributed by atoms with Crippen LogP contribution in [0.5, 0.6) is 0 Å². The van der Waals surface area contributed by atoms with E-state index in [9.17, 15) is 23.1 Å². The van der Waals surface area contributed by atoms with Crippen LogP contribution < -0.4 is 11.2 Å². The van der Waals surface area contributed by atoms with Crippen molar-refractivity contribution in [3.8, 4) is 0 Å². The van der Waals surface area contributed by atoms with Crippen LogP contribution in [-0.4, -0.2) is 41.0 Å². The number of halogens is 2. The largest absolute Gasteiger partial charge is 0.390 e. The Kier molecular flexibility index (Phi) is 6.54. The lowest BCUT2D eigenvalue weighted by atomic mass is 10.2. The van der Waals surface area contributed by atoms with E-state index in [2.05, 4.69) is 4.98 Å². The predicted molar refractivity (Wildman–Crippen MR) is 109 cm³/mol. The van der Waals surface area contributed by atoms with Crippen LogP contribution in [0.3, 0.4) is 0 Å². The smallest absolute Gasteiger partial charge is 0.330 e. The Morgan fingerprint density at radius 3 is 2.55 bits per heavy atom. The van der Waals surface area contributed by atoms with Crippen LogP contribution >= 0.6 is 23.2 Å². The number of nitrogens with zero attached hydrogens (tertiary/aromatic N) is 1. The third-order valence-corrected chi connectivity index (χ3v) is 7.05. The van der Waals surface area contributed by atoms with Gasteiger partial charge >= 0.3 is 5.69 Å². The summed E-state index contributed by atoms with van der Waals surface area (Å²) in [6, 6.07) is 4.70. The van der Waals surface area contributed by atoms with Gasteiger partial charge in [-0.2, -0.15) is 0 Å². The summed E-state index contributed by atoms with van der Waals surface area (Å²) in [5.74, 6) is -0.869. The first-order chi connectivity index (χ1) is 13.6. The van der Waals surface area contributed by atoms with Gasteiger partial charge in [0.25, 0.3) is 5.56 Å². The van der Waals surface area contributed by atoms with Gasteiger partial charge in [0.1, 0.15) is 12.3 Å². The topological polar surface area (TPSA) is 118 Å². The van der Waals surface area contributed by atoms with Crippen molar-refractivity contribution in [2.45, 2.75) is 44.0 Å². The maximum absolute atomic E-state index is 12.6. The normalized spacial score (nSPS) is 22.1. The molecule has 0 bridgehead atoms. The highest BCUT2D eigenvalue weighted by Gasteiger charge is 2.38. The molecule has 1 aliphatic heterocycles. The van der Waals surface area contributed by atoms with E-state index in [-0.39, 0.29) is 22.0 Å². The molecular formula is C18H20Cl2N2O6S. The number of hydrogen-bond acceptors (Lipinski definition) is 6. The van der Waals surface area contributed by atoms with E-state index in [4.69, 9.17) is 27.9 Å². The summed E-state index contributed by atoms with van der Waals surface area (Å²) in [5.41, 5.74) is -0.504. The van der Waals surface area contributed by atoms with Gasteiger partial charge in [0.2, 0.25) is 0 Å². The zero-order chi connectivity index (χ0) is 21.3. The van der Waals surface area contributed by atoms with Crippen LogP contribution in [0.2, 0.25) is 10.0 Å². The van der Waals surface area contributed by atoms with Crippen LogP contribution in [0.4, 0.5) is 0 Å². The number of aromatic nitrogens is 2. The van der Waals surface area contributed by atoms with Crippen LogP contribution in [-0.2, 0) is 26.7 Å². The molecule has 1 fully saturated rings. The molecule has 0 saturated carbocycles. The average Bonchev–Trinajstić information content (AvgIpc) is 2.98. The molecule has 0 radical (unpaired) electrons. The lowest BCUT2D eigenvalue weighted by Gasteiger charge is -2.17. The van der Waals surface area contributed by atoms with Crippen LogP contribution in [0, 0.1) is 0 Å². The van der Waals surface area contributed by atoms with Crippen molar-refractivity contribution in [2.24, 2.45) is 0 Å². The minimum absolute atomic E-state index is 0.0160. The molecule has 1 aromatic heterocycles. The monoisotopic (exact) mass is 462 g/mol. The second-order valence-corrected chi connectivity index (χ2v) is 9.79. The van der Waals surface area contributed by atoms with Gasteiger partial charge in [-0.1, -0.05) is 36.2 Å². The Balaban J connectivity index is 1.78. The number of sulfone groups is 1. The minimum Gasteiger partial charge on any atom is -0.390 e. The van der Waals surface area contributed by atoms with E-state index in [0.717, 1.165) is 0 Å². The van der Waals surface area contributed by atoms with Crippen LogP contribution in [0.1, 0.15) is 30.7 Å². The fourth-order valence-electron chi connectivity index (χ4n) is 3.23. The third kappa shape index (κ3) is 4.92. The van der Waals surface area contributed by atoms with Crippen molar-refractivity contribution < 1.29 is 18.3 Å². The number of aryl methyl sites for hydroxylation is 1. The molecule has 3 atom stereocenters. The molecule has 0 aliphatic carbocycles. The van der Waals surface area contributed by atoms with Gasteiger partial charge in [0.15, 0.2) is 9.84 Å². The van der Waals surface area contributed by atoms with E-state index in [1.54, 1.807) is 25.1 Å². The first-order valence-electron chi connectivity index (χ1n) is 8.92. The summed E-state index contributed by atoms with van der Waals surface area (Å²) in [5, 5.41) is 10.8. The molecule has 158 valence electrons.